The number of benzene rings is 1. The Morgan fingerprint density at radius 2 is 2.04 bits per heavy atom. The predicted molar refractivity (Wildman–Crippen MR) is 114 cm³/mol. The SMILES string of the molecule is CSCCCN1CCCC[C@@H]1C(=O)Nc1ccc(-n2nc(C)cc2C)cc1. The highest BCUT2D eigenvalue weighted by Gasteiger charge is 2.28. The van der Waals surface area contributed by atoms with Gasteiger partial charge in [-0.15, -0.1) is 0 Å². The average Bonchev–Trinajstić information content (AvgIpc) is 3.01. The first-order valence-electron chi connectivity index (χ1n) is 9.76. The van der Waals surface area contributed by atoms with Crippen molar-refractivity contribution < 1.29 is 4.79 Å². The van der Waals surface area contributed by atoms with Crippen LogP contribution < -0.4 is 5.32 Å². The first-order valence-corrected chi connectivity index (χ1v) is 11.2. The molecule has 0 saturated carbocycles. The Bertz CT molecular complexity index is 756. The highest BCUT2D eigenvalue weighted by molar-refractivity contribution is 7.98. The van der Waals surface area contributed by atoms with Gasteiger partial charge in [-0.1, -0.05) is 6.42 Å². The number of piperidine rings is 1. The molecule has 27 heavy (non-hydrogen) atoms. The molecule has 6 heteroatoms. The van der Waals surface area contributed by atoms with Crippen LogP contribution in [0, 0.1) is 13.8 Å². The number of nitrogens with one attached hydrogen (secondary N) is 1. The van der Waals surface area contributed by atoms with Gasteiger partial charge in [0.25, 0.3) is 0 Å². The predicted octanol–water partition coefficient (Wildman–Crippen LogP) is 4.04. The number of rotatable bonds is 7. The van der Waals surface area contributed by atoms with E-state index < -0.39 is 0 Å². The molecule has 0 aliphatic carbocycles. The molecule has 2 aromatic rings. The normalized spacial score (nSPS) is 17.8. The number of aromatic nitrogens is 2. The van der Waals surface area contributed by atoms with E-state index in [4.69, 9.17) is 0 Å². The van der Waals surface area contributed by atoms with Crippen molar-refractivity contribution in [3.05, 3.63) is 41.7 Å². The molecule has 1 N–H and O–H groups in total. The fraction of sp³-hybridized carbons (Fsp3) is 0.524. The molecule has 1 atom stereocenters. The monoisotopic (exact) mass is 386 g/mol. The van der Waals surface area contributed by atoms with Crippen LogP contribution >= 0.6 is 11.8 Å². The Balaban J connectivity index is 1.63. The van der Waals surface area contributed by atoms with Gasteiger partial charge in [-0.2, -0.15) is 16.9 Å². The van der Waals surface area contributed by atoms with Crippen LogP contribution in [0.2, 0.25) is 0 Å². The van der Waals surface area contributed by atoms with Gasteiger partial charge in [0.15, 0.2) is 0 Å². The van der Waals surface area contributed by atoms with E-state index in [0.717, 1.165) is 60.9 Å². The fourth-order valence-corrected chi connectivity index (χ4v) is 4.19. The molecule has 146 valence electrons. The summed E-state index contributed by atoms with van der Waals surface area (Å²) in [5.74, 6) is 1.27. The number of aryl methyl sites for hydroxylation is 2. The summed E-state index contributed by atoms with van der Waals surface area (Å²) in [6.07, 6.45) is 6.56. The zero-order chi connectivity index (χ0) is 19.2. The van der Waals surface area contributed by atoms with Crippen molar-refractivity contribution in [1.29, 1.82) is 0 Å². The molecule has 1 fully saturated rings. The molecular formula is C21H30N4OS. The average molecular weight is 387 g/mol. The van der Waals surface area contributed by atoms with E-state index in [9.17, 15) is 4.79 Å². The number of likely N-dealkylation sites (tertiary alicyclic amines) is 1. The Hall–Kier alpha value is -1.79. The molecule has 1 aliphatic heterocycles. The molecule has 0 radical (unpaired) electrons. The quantitative estimate of drug-likeness (QED) is 0.730. The summed E-state index contributed by atoms with van der Waals surface area (Å²) < 4.78 is 1.93. The van der Waals surface area contributed by atoms with Gasteiger partial charge in [0, 0.05) is 11.4 Å². The second kappa shape index (κ2) is 9.42. The second-order valence-electron chi connectivity index (χ2n) is 7.27. The van der Waals surface area contributed by atoms with Gasteiger partial charge < -0.3 is 5.32 Å². The molecule has 1 aromatic heterocycles. The molecule has 3 rings (SSSR count). The first-order chi connectivity index (χ1) is 13.1. The van der Waals surface area contributed by atoms with Crippen molar-refractivity contribution in [3.8, 4) is 5.69 Å². The lowest BCUT2D eigenvalue weighted by Crippen LogP contribution is -2.47. The van der Waals surface area contributed by atoms with Crippen LogP contribution in [0.4, 0.5) is 5.69 Å². The van der Waals surface area contributed by atoms with Gasteiger partial charge in [-0.25, -0.2) is 4.68 Å². The largest absolute Gasteiger partial charge is 0.325 e. The van der Waals surface area contributed by atoms with Crippen LogP contribution in [0.1, 0.15) is 37.1 Å². The minimum Gasteiger partial charge on any atom is -0.325 e. The number of hydrogen-bond acceptors (Lipinski definition) is 4. The van der Waals surface area contributed by atoms with Crippen LogP contribution in [0.15, 0.2) is 30.3 Å². The third kappa shape index (κ3) is 5.14. The molecule has 0 spiro atoms. The van der Waals surface area contributed by atoms with Gasteiger partial charge in [-0.05, 0) is 88.5 Å². The molecule has 1 saturated heterocycles. The highest BCUT2D eigenvalue weighted by Crippen LogP contribution is 2.21. The van der Waals surface area contributed by atoms with Crippen LogP contribution in [-0.4, -0.2) is 51.7 Å². The van der Waals surface area contributed by atoms with E-state index in [1.807, 2.05) is 54.6 Å². The molecular weight excluding hydrogens is 356 g/mol. The third-order valence-electron chi connectivity index (χ3n) is 5.10. The minimum absolute atomic E-state index is 0.00343. The molecule has 5 nitrogen and oxygen atoms in total. The lowest BCUT2D eigenvalue weighted by molar-refractivity contribution is -0.122. The van der Waals surface area contributed by atoms with Crippen molar-refractivity contribution in [1.82, 2.24) is 14.7 Å². The Morgan fingerprint density at radius 3 is 2.70 bits per heavy atom. The zero-order valence-electron chi connectivity index (χ0n) is 16.6. The third-order valence-corrected chi connectivity index (χ3v) is 5.80. The number of carbonyl (C=O) groups is 1. The molecule has 0 bridgehead atoms. The Labute approximate surface area is 166 Å². The standard InChI is InChI=1S/C21H30N4OS/c1-16-15-17(2)25(23-16)19-10-8-18(9-11-19)22-21(26)20-7-4-5-12-24(20)13-6-14-27-3/h8-11,15,20H,4-7,12-14H2,1-3H3,(H,22,26)/t20-/m1/s1. The van der Waals surface area contributed by atoms with Crippen molar-refractivity contribution >= 4 is 23.4 Å². The highest BCUT2D eigenvalue weighted by atomic mass is 32.2. The lowest BCUT2D eigenvalue weighted by atomic mass is 10.0. The van der Waals surface area contributed by atoms with Crippen molar-refractivity contribution in [2.75, 3.05) is 30.4 Å². The van der Waals surface area contributed by atoms with E-state index in [-0.39, 0.29) is 11.9 Å². The van der Waals surface area contributed by atoms with Crippen LogP contribution in [0.5, 0.6) is 0 Å². The zero-order valence-corrected chi connectivity index (χ0v) is 17.4. The second-order valence-corrected chi connectivity index (χ2v) is 8.25. The Morgan fingerprint density at radius 1 is 1.26 bits per heavy atom. The van der Waals surface area contributed by atoms with Gasteiger partial charge in [0.1, 0.15) is 0 Å². The fourth-order valence-electron chi connectivity index (χ4n) is 3.77. The summed E-state index contributed by atoms with van der Waals surface area (Å²) in [6.45, 7) is 6.08. The molecule has 1 aromatic carbocycles. The van der Waals surface area contributed by atoms with Crippen LogP contribution in [-0.2, 0) is 4.79 Å². The number of thioether (sulfide) groups is 1. The van der Waals surface area contributed by atoms with Crippen LogP contribution in [0.3, 0.4) is 0 Å². The molecule has 2 heterocycles. The molecule has 1 amide bonds. The smallest absolute Gasteiger partial charge is 0.241 e. The van der Waals surface area contributed by atoms with Gasteiger partial charge >= 0.3 is 0 Å². The minimum atomic E-state index is -0.00343. The van der Waals surface area contributed by atoms with E-state index in [1.54, 1.807) is 0 Å². The number of carbonyl (C=O) groups excluding carboxylic acids is 1. The van der Waals surface area contributed by atoms with E-state index in [0.29, 0.717) is 0 Å². The van der Waals surface area contributed by atoms with E-state index >= 15 is 0 Å². The molecule has 1 aliphatic rings. The number of nitrogens with zero attached hydrogens (tertiary/aromatic N) is 3. The maximum atomic E-state index is 12.8. The van der Waals surface area contributed by atoms with E-state index in [1.165, 1.54) is 6.42 Å². The van der Waals surface area contributed by atoms with Gasteiger partial charge in [0.2, 0.25) is 5.91 Å². The summed E-state index contributed by atoms with van der Waals surface area (Å²) in [4.78, 5) is 15.2. The summed E-state index contributed by atoms with van der Waals surface area (Å²) in [6, 6.07) is 9.99. The summed E-state index contributed by atoms with van der Waals surface area (Å²) in [7, 11) is 0. The van der Waals surface area contributed by atoms with Crippen LogP contribution in [0.25, 0.3) is 5.69 Å². The van der Waals surface area contributed by atoms with E-state index in [2.05, 4.69) is 27.6 Å². The maximum absolute atomic E-state index is 12.8. The van der Waals surface area contributed by atoms with Crippen molar-refractivity contribution in [2.45, 2.75) is 45.6 Å². The van der Waals surface area contributed by atoms with Crippen molar-refractivity contribution in [2.24, 2.45) is 0 Å². The van der Waals surface area contributed by atoms with Gasteiger partial charge in [-0.3, -0.25) is 9.69 Å². The number of amides is 1. The summed E-state index contributed by atoms with van der Waals surface area (Å²) in [5, 5.41) is 7.63. The Kier molecular flexibility index (Phi) is 6.96. The summed E-state index contributed by atoms with van der Waals surface area (Å²) >= 11 is 1.87. The van der Waals surface area contributed by atoms with Gasteiger partial charge in [0.05, 0.1) is 17.4 Å². The maximum Gasteiger partial charge on any atom is 0.241 e. The number of hydrogen-bond donors (Lipinski definition) is 1. The molecule has 0 unspecified atom stereocenters. The number of anilines is 1. The lowest BCUT2D eigenvalue weighted by Gasteiger charge is -2.34. The van der Waals surface area contributed by atoms with Crippen molar-refractivity contribution in [3.63, 3.8) is 0 Å². The first kappa shape index (κ1) is 20.0. The summed E-state index contributed by atoms with van der Waals surface area (Å²) in [5.41, 5.74) is 3.96. The topological polar surface area (TPSA) is 50.2 Å².